The summed E-state index contributed by atoms with van der Waals surface area (Å²) in [6, 6.07) is 21.5. The van der Waals surface area contributed by atoms with Gasteiger partial charge in [0.15, 0.2) is 11.5 Å². The minimum Gasteiger partial charge on any atom is -0.304 e. The van der Waals surface area contributed by atoms with Crippen LogP contribution < -0.4 is 5.32 Å². The fourth-order valence-electron chi connectivity index (χ4n) is 3.69. The van der Waals surface area contributed by atoms with Crippen LogP contribution in [0.5, 0.6) is 0 Å². The SMILES string of the molecule is O=C(Nc1ccn(-c2ccccc2)n1)c1nn(-c2ccccc2)c2c1CCC2. The Labute approximate surface area is 162 Å². The summed E-state index contributed by atoms with van der Waals surface area (Å²) in [5.74, 6) is 0.293. The zero-order valence-electron chi connectivity index (χ0n) is 15.2. The van der Waals surface area contributed by atoms with Crippen molar-refractivity contribution < 1.29 is 4.79 Å². The maximum atomic E-state index is 12.9. The Hall–Kier alpha value is -3.67. The van der Waals surface area contributed by atoms with Gasteiger partial charge in [0, 0.05) is 23.5 Å². The number of anilines is 1. The van der Waals surface area contributed by atoms with E-state index in [1.807, 2.05) is 71.5 Å². The topological polar surface area (TPSA) is 64.7 Å². The van der Waals surface area contributed by atoms with Crippen LogP contribution in [-0.4, -0.2) is 25.5 Å². The number of hydrogen-bond donors (Lipinski definition) is 1. The fourth-order valence-corrected chi connectivity index (χ4v) is 3.69. The van der Waals surface area contributed by atoms with Crippen molar-refractivity contribution in [2.24, 2.45) is 0 Å². The van der Waals surface area contributed by atoms with Gasteiger partial charge in [-0.15, -0.1) is 0 Å². The van der Waals surface area contributed by atoms with E-state index in [0.717, 1.165) is 41.9 Å². The zero-order chi connectivity index (χ0) is 18.9. The molecule has 2 aromatic carbocycles. The summed E-state index contributed by atoms with van der Waals surface area (Å²) >= 11 is 0. The lowest BCUT2D eigenvalue weighted by Gasteiger charge is -2.04. The maximum Gasteiger partial charge on any atom is 0.277 e. The lowest BCUT2D eigenvalue weighted by molar-refractivity contribution is 0.102. The minimum atomic E-state index is -0.217. The highest BCUT2D eigenvalue weighted by atomic mass is 16.2. The Balaban J connectivity index is 1.43. The number of amides is 1. The predicted octanol–water partition coefficient (Wildman–Crippen LogP) is 3.80. The molecule has 5 rings (SSSR count). The first kappa shape index (κ1) is 16.5. The summed E-state index contributed by atoms with van der Waals surface area (Å²) in [6.45, 7) is 0. The molecule has 0 saturated heterocycles. The zero-order valence-corrected chi connectivity index (χ0v) is 15.2. The van der Waals surface area contributed by atoms with E-state index in [9.17, 15) is 4.79 Å². The number of aromatic nitrogens is 4. The van der Waals surface area contributed by atoms with Gasteiger partial charge >= 0.3 is 0 Å². The van der Waals surface area contributed by atoms with Gasteiger partial charge in [0.25, 0.3) is 5.91 Å². The Kier molecular flexibility index (Phi) is 4.01. The summed E-state index contributed by atoms with van der Waals surface area (Å²) in [5, 5.41) is 12.0. The van der Waals surface area contributed by atoms with Crippen LogP contribution in [0.1, 0.15) is 28.2 Å². The van der Waals surface area contributed by atoms with Crippen molar-refractivity contribution >= 4 is 11.7 Å². The lowest BCUT2D eigenvalue weighted by Crippen LogP contribution is -2.15. The average molecular weight is 369 g/mol. The second kappa shape index (κ2) is 6.81. The Morgan fingerprint density at radius 3 is 2.32 bits per heavy atom. The molecule has 6 heteroatoms. The van der Waals surface area contributed by atoms with Crippen molar-refractivity contribution in [2.45, 2.75) is 19.3 Å². The van der Waals surface area contributed by atoms with Gasteiger partial charge in [-0.3, -0.25) is 4.79 Å². The quantitative estimate of drug-likeness (QED) is 0.595. The van der Waals surface area contributed by atoms with Gasteiger partial charge in [-0.05, 0) is 43.5 Å². The molecule has 1 aliphatic rings. The van der Waals surface area contributed by atoms with Crippen molar-refractivity contribution in [1.29, 1.82) is 0 Å². The summed E-state index contributed by atoms with van der Waals surface area (Å²) in [6.07, 6.45) is 4.69. The first-order chi connectivity index (χ1) is 13.8. The second-order valence-corrected chi connectivity index (χ2v) is 6.81. The third-order valence-corrected chi connectivity index (χ3v) is 5.00. The van der Waals surface area contributed by atoms with Gasteiger partial charge in [-0.25, -0.2) is 9.36 Å². The molecule has 0 aliphatic heterocycles. The standard InChI is InChI=1S/C22H19N5O/c28-22(23-20-14-15-26(24-20)16-8-3-1-4-9-16)21-18-12-7-13-19(18)27(25-21)17-10-5-2-6-11-17/h1-6,8-11,14-15H,7,12-13H2,(H,23,24,28). The first-order valence-corrected chi connectivity index (χ1v) is 9.38. The Bertz CT molecular complexity index is 1130. The van der Waals surface area contributed by atoms with E-state index in [-0.39, 0.29) is 5.91 Å². The maximum absolute atomic E-state index is 12.9. The highest BCUT2D eigenvalue weighted by molar-refractivity contribution is 6.03. The van der Waals surface area contributed by atoms with Crippen molar-refractivity contribution in [3.05, 3.63) is 89.9 Å². The third kappa shape index (κ3) is 2.89. The van der Waals surface area contributed by atoms with E-state index >= 15 is 0 Å². The molecular formula is C22H19N5O. The van der Waals surface area contributed by atoms with Crippen LogP contribution in [0, 0.1) is 0 Å². The Morgan fingerprint density at radius 2 is 1.57 bits per heavy atom. The highest BCUT2D eigenvalue weighted by Gasteiger charge is 2.27. The van der Waals surface area contributed by atoms with Gasteiger partial charge in [0.1, 0.15) is 0 Å². The predicted molar refractivity (Wildman–Crippen MR) is 107 cm³/mol. The molecule has 28 heavy (non-hydrogen) atoms. The molecule has 1 N–H and O–H groups in total. The molecule has 0 atom stereocenters. The minimum absolute atomic E-state index is 0.217. The van der Waals surface area contributed by atoms with Gasteiger partial charge in [-0.2, -0.15) is 10.2 Å². The van der Waals surface area contributed by atoms with Crippen LogP contribution >= 0.6 is 0 Å². The molecule has 6 nitrogen and oxygen atoms in total. The number of rotatable bonds is 4. The van der Waals surface area contributed by atoms with E-state index < -0.39 is 0 Å². The summed E-state index contributed by atoms with van der Waals surface area (Å²) in [4.78, 5) is 12.9. The van der Waals surface area contributed by atoms with Crippen LogP contribution in [0.2, 0.25) is 0 Å². The number of nitrogens with one attached hydrogen (secondary N) is 1. The molecular weight excluding hydrogens is 350 g/mol. The number of hydrogen-bond acceptors (Lipinski definition) is 3. The molecule has 0 fully saturated rings. The summed E-state index contributed by atoms with van der Waals surface area (Å²) in [5.41, 5.74) is 4.59. The van der Waals surface area contributed by atoms with Gasteiger partial charge < -0.3 is 5.32 Å². The molecule has 138 valence electrons. The van der Waals surface area contributed by atoms with Crippen LogP contribution in [0.15, 0.2) is 72.9 Å². The molecule has 0 radical (unpaired) electrons. The van der Waals surface area contributed by atoms with Gasteiger partial charge in [0.2, 0.25) is 0 Å². The highest BCUT2D eigenvalue weighted by Crippen LogP contribution is 2.28. The number of carbonyl (C=O) groups excluding carboxylic acids is 1. The molecule has 0 saturated carbocycles. The fraction of sp³-hybridized carbons (Fsp3) is 0.136. The largest absolute Gasteiger partial charge is 0.304 e. The van der Waals surface area contributed by atoms with Crippen molar-refractivity contribution in [2.75, 3.05) is 5.32 Å². The van der Waals surface area contributed by atoms with Crippen molar-refractivity contribution in [1.82, 2.24) is 19.6 Å². The molecule has 1 amide bonds. The van der Waals surface area contributed by atoms with E-state index in [0.29, 0.717) is 11.5 Å². The number of nitrogens with zero attached hydrogens (tertiary/aromatic N) is 4. The monoisotopic (exact) mass is 369 g/mol. The van der Waals surface area contributed by atoms with Gasteiger partial charge in [-0.1, -0.05) is 36.4 Å². The lowest BCUT2D eigenvalue weighted by atomic mass is 10.2. The molecule has 2 heterocycles. The molecule has 2 aromatic heterocycles. The van der Waals surface area contributed by atoms with Crippen molar-refractivity contribution in [3.63, 3.8) is 0 Å². The van der Waals surface area contributed by atoms with Crippen LogP contribution in [0.25, 0.3) is 11.4 Å². The molecule has 1 aliphatic carbocycles. The number of fused-ring (bicyclic) bond motifs is 1. The normalized spacial score (nSPS) is 12.7. The van der Waals surface area contributed by atoms with Crippen LogP contribution in [0.4, 0.5) is 5.82 Å². The smallest absolute Gasteiger partial charge is 0.277 e. The number of para-hydroxylation sites is 2. The number of carbonyl (C=O) groups is 1. The Morgan fingerprint density at radius 1 is 0.857 bits per heavy atom. The molecule has 0 bridgehead atoms. The third-order valence-electron chi connectivity index (χ3n) is 5.00. The molecule has 4 aromatic rings. The summed E-state index contributed by atoms with van der Waals surface area (Å²) < 4.78 is 3.64. The summed E-state index contributed by atoms with van der Waals surface area (Å²) in [7, 11) is 0. The first-order valence-electron chi connectivity index (χ1n) is 9.38. The van der Waals surface area contributed by atoms with E-state index in [2.05, 4.69) is 15.5 Å². The van der Waals surface area contributed by atoms with E-state index in [1.165, 1.54) is 0 Å². The number of benzene rings is 2. The van der Waals surface area contributed by atoms with Crippen molar-refractivity contribution in [3.8, 4) is 11.4 Å². The van der Waals surface area contributed by atoms with E-state index in [1.54, 1.807) is 10.7 Å². The van der Waals surface area contributed by atoms with Crippen LogP contribution in [-0.2, 0) is 12.8 Å². The molecule has 0 spiro atoms. The van der Waals surface area contributed by atoms with Crippen LogP contribution in [0.3, 0.4) is 0 Å². The van der Waals surface area contributed by atoms with E-state index in [4.69, 9.17) is 0 Å². The van der Waals surface area contributed by atoms with Gasteiger partial charge in [0.05, 0.1) is 11.4 Å². The average Bonchev–Trinajstić information content (AvgIpc) is 3.46. The second-order valence-electron chi connectivity index (χ2n) is 6.81. The molecule has 0 unspecified atom stereocenters.